The summed E-state index contributed by atoms with van der Waals surface area (Å²) in [5.74, 6) is 0.433. The van der Waals surface area contributed by atoms with Gasteiger partial charge in [-0.05, 0) is 90.3 Å². The Labute approximate surface area is 269 Å². The molecule has 1 aromatic heterocycles. The fourth-order valence-electron chi connectivity index (χ4n) is 7.58. The van der Waals surface area contributed by atoms with Gasteiger partial charge >= 0.3 is 0 Å². The topological polar surface area (TPSA) is 4.93 Å². The molecule has 1 heteroatoms. The van der Waals surface area contributed by atoms with Crippen molar-refractivity contribution in [2.75, 3.05) is 0 Å². The van der Waals surface area contributed by atoms with Crippen LogP contribution in [0.1, 0.15) is 25.3 Å². The van der Waals surface area contributed by atoms with Gasteiger partial charge in [0, 0.05) is 16.5 Å². The maximum atomic E-state index is 2.44. The van der Waals surface area contributed by atoms with Crippen molar-refractivity contribution in [2.24, 2.45) is 0 Å². The smallest absolute Gasteiger partial charge is 0.0541 e. The van der Waals surface area contributed by atoms with E-state index >= 15 is 0 Å². The Hall–Kier alpha value is -5.66. The Morgan fingerprint density at radius 2 is 0.957 bits per heavy atom. The predicted molar refractivity (Wildman–Crippen MR) is 198 cm³/mol. The van der Waals surface area contributed by atoms with Crippen LogP contribution < -0.4 is 0 Å². The molecule has 0 fully saturated rings. The summed E-state index contributed by atoms with van der Waals surface area (Å²) in [5, 5.41) is 10.3. The van der Waals surface area contributed by atoms with Crippen LogP contribution in [0.25, 0.3) is 82.1 Å². The number of aromatic nitrogens is 1. The number of nitrogens with zero attached hydrogens (tertiary/aromatic N) is 1. The number of fused-ring (bicyclic) bond motifs is 6. The van der Waals surface area contributed by atoms with Crippen LogP contribution in [0.2, 0.25) is 0 Å². The van der Waals surface area contributed by atoms with Gasteiger partial charge in [-0.1, -0.05) is 147 Å². The van der Waals surface area contributed by atoms with E-state index in [0.717, 1.165) is 0 Å². The lowest BCUT2D eigenvalue weighted by molar-refractivity contribution is 0.869. The van der Waals surface area contributed by atoms with Crippen molar-refractivity contribution in [3.63, 3.8) is 0 Å². The van der Waals surface area contributed by atoms with Crippen molar-refractivity contribution in [1.82, 2.24) is 4.57 Å². The molecule has 1 heterocycles. The molecular weight excluding hydrogens is 555 g/mol. The van der Waals surface area contributed by atoms with Gasteiger partial charge in [-0.3, -0.25) is 0 Å². The third-order valence-electron chi connectivity index (χ3n) is 9.77. The van der Waals surface area contributed by atoms with Gasteiger partial charge in [0.05, 0.1) is 11.0 Å². The number of hydrogen-bond acceptors (Lipinski definition) is 0. The standard InChI is InChI=1S/C45H33N/c1-29(2)32-24-27-40-41(28-32)44(38-17-5-6-18-39(38)45(40)37-19-11-13-30-12-3-4-14-34(30)37)31-22-25-33(26-23-31)46-42-20-9-7-15-35(42)36-16-8-10-21-43(36)46/h3-29H,1-2H3. The fourth-order valence-corrected chi connectivity index (χ4v) is 7.58. The molecule has 0 spiro atoms. The van der Waals surface area contributed by atoms with Gasteiger partial charge in [0.2, 0.25) is 0 Å². The quantitative estimate of drug-likeness (QED) is 0.181. The molecule has 0 saturated carbocycles. The molecule has 0 saturated heterocycles. The number of rotatable bonds is 4. The first-order chi connectivity index (χ1) is 22.7. The second-order valence-electron chi connectivity index (χ2n) is 12.7. The summed E-state index contributed by atoms with van der Waals surface area (Å²) in [5.41, 5.74) is 10.1. The Morgan fingerprint density at radius 3 is 1.63 bits per heavy atom. The molecular formula is C45H33N. The summed E-state index contributed by atoms with van der Waals surface area (Å²) in [6.45, 7) is 4.57. The minimum Gasteiger partial charge on any atom is -0.309 e. The van der Waals surface area contributed by atoms with Crippen LogP contribution in [0.5, 0.6) is 0 Å². The molecule has 0 amide bonds. The molecule has 0 atom stereocenters. The monoisotopic (exact) mass is 587 g/mol. The maximum Gasteiger partial charge on any atom is 0.0541 e. The Bertz CT molecular complexity index is 2540. The van der Waals surface area contributed by atoms with Crippen LogP contribution in [0.4, 0.5) is 0 Å². The summed E-state index contributed by atoms with van der Waals surface area (Å²) in [4.78, 5) is 0. The zero-order valence-electron chi connectivity index (χ0n) is 26.0. The van der Waals surface area contributed by atoms with Gasteiger partial charge in [-0.25, -0.2) is 0 Å². The van der Waals surface area contributed by atoms with Gasteiger partial charge in [0.15, 0.2) is 0 Å². The number of benzene rings is 8. The van der Waals surface area contributed by atoms with Gasteiger partial charge < -0.3 is 4.57 Å². The summed E-state index contributed by atoms with van der Waals surface area (Å²) < 4.78 is 2.39. The van der Waals surface area contributed by atoms with E-state index in [0.29, 0.717) is 5.92 Å². The average molecular weight is 588 g/mol. The van der Waals surface area contributed by atoms with E-state index in [-0.39, 0.29) is 0 Å². The van der Waals surface area contributed by atoms with Crippen molar-refractivity contribution >= 4 is 54.1 Å². The van der Waals surface area contributed by atoms with Crippen molar-refractivity contribution in [3.8, 4) is 27.9 Å². The lowest BCUT2D eigenvalue weighted by Crippen LogP contribution is -1.96. The predicted octanol–water partition coefficient (Wildman–Crippen LogP) is 12.7. The minimum atomic E-state index is 0.433. The highest BCUT2D eigenvalue weighted by atomic mass is 15.0. The van der Waals surface area contributed by atoms with Gasteiger partial charge in [-0.2, -0.15) is 0 Å². The van der Waals surface area contributed by atoms with E-state index in [1.54, 1.807) is 0 Å². The van der Waals surface area contributed by atoms with Crippen molar-refractivity contribution in [3.05, 3.63) is 163 Å². The van der Waals surface area contributed by atoms with E-state index < -0.39 is 0 Å². The molecule has 0 aliphatic carbocycles. The Morgan fingerprint density at radius 1 is 0.413 bits per heavy atom. The average Bonchev–Trinajstić information content (AvgIpc) is 3.45. The van der Waals surface area contributed by atoms with E-state index in [1.807, 2.05) is 0 Å². The van der Waals surface area contributed by atoms with E-state index in [1.165, 1.54) is 87.6 Å². The van der Waals surface area contributed by atoms with Crippen LogP contribution in [-0.4, -0.2) is 4.57 Å². The normalized spacial score (nSPS) is 11.9. The summed E-state index contributed by atoms with van der Waals surface area (Å²) in [6.07, 6.45) is 0. The maximum absolute atomic E-state index is 2.44. The Balaban J connectivity index is 1.33. The second kappa shape index (κ2) is 10.5. The summed E-state index contributed by atoms with van der Waals surface area (Å²) in [7, 11) is 0. The van der Waals surface area contributed by atoms with Crippen LogP contribution >= 0.6 is 0 Å². The summed E-state index contributed by atoms with van der Waals surface area (Å²) in [6, 6.07) is 58.2. The van der Waals surface area contributed by atoms with E-state index in [2.05, 4.69) is 176 Å². The van der Waals surface area contributed by atoms with Crippen LogP contribution in [0.3, 0.4) is 0 Å². The first-order valence-electron chi connectivity index (χ1n) is 16.2. The van der Waals surface area contributed by atoms with Gasteiger partial charge in [-0.15, -0.1) is 0 Å². The molecule has 218 valence electrons. The van der Waals surface area contributed by atoms with Gasteiger partial charge in [0.1, 0.15) is 0 Å². The van der Waals surface area contributed by atoms with E-state index in [4.69, 9.17) is 0 Å². The van der Waals surface area contributed by atoms with Gasteiger partial charge in [0.25, 0.3) is 0 Å². The molecule has 0 aliphatic heterocycles. The number of para-hydroxylation sites is 2. The molecule has 0 unspecified atom stereocenters. The molecule has 9 aromatic rings. The zero-order valence-corrected chi connectivity index (χ0v) is 26.0. The molecule has 0 radical (unpaired) electrons. The first kappa shape index (κ1) is 26.7. The second-order valence-corrected chi connectivity index (χ2v) is 12.7. The SMILES string of the molecule is CC(C)c1ccc2c(-c3cccc4ccccc34)c3ccccc3c(-c3ccc(-n4c5ccccc5c5ccccc54)cc3)c2c1. The molecule has 1 nitrogen and oxygen atoms in total. The molecule has 9 rings (SSSR count). The van der Waals surface area contributed by atoms with Crippen LogP contribution in [-0.2, 0) is 0 Å². The highest BCUT2D eigenvalue weighted by Gasteiger charge is 2.19. The van der Waals surface area contributed by atoms with Crippen molar-refractivity contribution < 1.29 is 0 Å². The summed E-state index contributed by atoms with van der Waals surface area (Å²) >= 11 is 0. The molecule has 46 heavy (non-hydrogen) atoms. The van der Waals surface area contributed by atoms with Crippen LogP contribution in [0.15, 0.2) is 158 Å². The lowest BCUT2D eigenvalue weighted by atomic mass is 9.83. The highest BCUT2D eigenvalue weighted by molar-refractivity contribution is 6.23. The lowest BCUT2D eigenvalue weighted by Gasteiger charge is -2.20. The zero-order chi connectivity index (χ0) is 30.8. The first-order valence-corrected chi connectivity index (χ1v) is 16.2. The molecule has 0 aliphatic rings. The molecule has 0 bridgehead atoms. The van der Waals surface area contributed by atoms with Crippen molar-refractivity contribution in [2.45, 2.75) is 19.8 Å². The fraction of sp³-hybridized carbons (Fsp3) is 0.0667. The van der Waals surface area contributed by atoms with Crippen LogP contribution in [0, 0.1) is 0 Å². The minimum absolute atomic E-state index is 0.433. The molecule has 8 aromatic carbocycles. The number of hydrogen-bond donors (Lipinski definition) is 0. The largest absolute Gasteiger partial charge is 0.309 e. The molecule has 0 N–H and O–H groups in total. The third-order valence-corrected chi connectivity index (χ3v) is 9.77. The van der Waals surface area contributed by atoms with E-state index in [9.17, 15) is 0 Å². The van der Waals surface area contributed by atoms with Crippen molar-refractivity contribution in [1.29, 1.82) is 0 Å². The Kier molecular flexibility index (Phi) is 6.08. The highest BCUT2D eigenvalue weighted by Crippen LogP contribution is 2.46. The third kappa shape index (κ3) is 4.02.